The molecule has 0 radical (unpaired) electrons. The Labute approximate surface area is 213 Å². The Morgan fingerprint density at radius 1 is 1.14 bits per heavy atom. The van der Waals surface area contributed by atoms with Gasteiger partial charge in [0.05, 0.1) is 22.7 Å². The minimum atomic E-state index is -0.436. The highest BCUT2D eigenvalue weighted by Crippen LogP contribution is 2.40. The van der Waals surface area contributed by atoms with Crippen molar-refractivity contribution in [2.75, 3.05) is 25.1 Å². The Hall–Kier alpha value is -3.07. The van der Waals surface area contributed by atoms with E-state index in [1.165, 1.54) is 0 Å². The quantitative estimate of drug-likeness (QED) is 0.356. The van der Waals surface area contributed by atoms with Crippen LogP contribution < -0.4 is 20.1 Å². The van der Waals surface area contributed by atoms with E-state index in [0.29, 0.717) is 27.1 Å². The smallest absolute Gasteiger partial charge is 0.162 e. The van der Waals surface area contributed by atoms with Crippen LogP contribution in [0.15, 0.2) is 42.9 Å². The molecule has 0 amide bonds. The van der Waals surface area contributed by atoms with Crippen molar-refractivity contribution in [3.05, 3.63) is 58.5 Å². The number of nitrogens with two attached hydrogens (primary N) is 1. The lowest BCUT2D eigenvalue weighted by molar-refractivity contribution is 0.216. The summed E-state index contributed by atoms with van der Waals surface area (Å²) in [5, 5.41) is 9.38. The second-order valence-corrected chi connectivity index (χ2v) is 9.94. The third-order valence-corrected chi connectivity index (χ3v) is 6.90. The van der Waals surface area contributed by atoms with E-state index in [9.17, 15) is 0 Å². The van der Waals surface area contributed by atoms with Crippen molar-refractivity contribution in [1.29, 1.82) is 0 Å². The second-order valence-electron chi connectivity index (χ2n) is 9.13. The molecule has 0 saturated carbocycles. The fourth-order valence-electron chi connectivity index (χ4n) is 4.45. The number of pyridine rings is 2. The van der Waals surface area contributed by atoms with Crippen LogP contribution in [0.1, 0.15) is 31.9 Å². The number of hydrogen-bond acceptors (Lipinski definition) is 7. The van der Waals surface area contributed by atoms with Gasteiger partial charge in [-0.2, -0.15) is 5.10 Å². The minimum Gasteiger partial charge on any atom is -0.493 e. The number of ether oxygens (including phenoxy) is 2. The molecule has 1 aliphatic rings. The van der Waals surface area contributed by atoms with E-state index >= 15 is 0 Å². The molecule has 5 rings (SSSR count). The van der Waals surface area contributed by atoms with Crippen molar-refractivity contribution in [1.82, 2.24) is 20.2 Å². The predicted molar refractivity (Wildman–Crippen MR) is 139 cm³/mol. The van der Waals surface area contributed by atoms with Gasteiger partial charge in [0.2, 0.25) is 0 Å². The van der Waals surface area contributed by atoms with E-state index in [4.69, 9.17) is 38.4 Å². The molecule has 4 heterocycles. The zero-order valence-corrected chi connectivity index (χ0v) is 21.2. The summed E-state index contributed by atoms with van der Waals surface area (Å²) in [7, 11) is 1.59. The van der Waals surface area contributed by atoms with Crippen LogP contribution in [0.25, 0.3) is 22.2 Å². The molecule has 182 valence electrons. The summed E-state index contributed by atoms with van der Waals surface area (Å²) in [5.74, 6) is 2.02. The van der Waals surface area contributed by atoms with Gasteiger partial charge in [-0.25, -0.2) is 4.98 Å². The number of aromatic amines is 1. The standard InChI is InChI=1S/C25H26Cl2N6O2/c1-14(23-17(26)11-29-12-18(23)27)35-21-8-16-19(9-20(21)34-3)31-32-24(16)15-4-5-22(30-10-15)33-7-6-25(2,28)13-33/h4-5,8-12,14H,6-7,13,28H2,1-3H3,(H,31,32)/t14-,25+/m1/s1. The van der Waals surface area contributed by atoms with Gasteiger partial charge in [-0.1, -0.05) is 23.2 Å². The number of anilines is 1. The van der Waals surface area contributed by atoms with Crippen molar-refractivity contribution < 1.29 is 9.47 Å². The Morgan fingerprint density at radius 2 is 1.91 bits per heavy atom. The summed E-state index contributed by atoms with van der Waals surface area (Å²) in [5.41, 5.74) is 9.23. The van der Waals surface area contributed by atoms with Gasteiger partial charge < -0.3 is 20.1 Å². The lowest BCUT2D eigenvalue weighted by Gasteiger charge is -2.20. The van der Waals surface area contributed by atoms with Crippen molar-refractivity contribution >= 4 is 39.9 Å². The lowest BCUT2D eigenvalue weighted by Crippen LogP contribution is -2.39. The van der Waals surface area contributed by atoms with Crippen molar-refractivity contribution in [2.24, 2.45) is 5.73 Å². The maximum Gasteiger partial charge on any atom is 0.162 e. The Kier molecular flexibility index (Phi) is 6.21. The highest BCUT2D eigenvalue weighted by atomic mass is 35.5. The lowest BCUT2D eigenvalue weighted by atomic mass is 10.0. The number of aromatic nitrogens is 4. The predicted octanol–water partition coefficient (Wildman–Crippen LogP) is 5.40. The normalized spacial score (nSPS) is 18.7. The number of benzene rings is 1. The van der Waals surface area contributed by atoms with Crippen LogP contribution in [0, 0.1) is 0 Å². The molecule has 0 unspecified atom stereocenters. The molecule has 10 heteroatoms. The Morgan fingerprint density at radius 3 is 2.54 bits per heavy atom. The first kappa shape index (κ1) is 23.7. The molecule has 1 aromatic carbocycles. The number of halogens is 2. The van der Waals surface area contributed by atoms with Gasteiger partial charge in [-0.3, -0.25) is 10.1 Å². The summed E-state index contributed by atoms with van der Waals surface area (Å²) in [6, 6.07) is 7.79. The summed E-state index contributed by atoms with van der Waals surface area (Å²) < 4.78 is 11.8. The van der Waals surface area contributed by atoms with E-state index in [1.807, 2.05) is 37.4 Å². The number of fused-ring (bicyclic) bond motifs is 1. The second kappa shape index (κ2) is 9.18. The first-order valence-electron chi connectivity index (χ1n) is 11.3. The zero-order valence-electron chi connectivity index (χ0n) is 19.7. The fourth-order valence-corrected chi connectivity index (χ4v) is 5.12. The molecular weight excluding hydrogens is 487 g/mol. The van der Waals surface area contributed by atoms with Crippen LogP contribution in [0.2, 0.25) is 10.0 Å². The molecule has 1 fully saturated rings. The molecule has 8 nitrogen and oxygen atoms in total. The van der Waals surface area contributed by atoms with Crippen molar-refractivity contribution in [2.45, 2.75) is 31.9 Å². The molecule has 3 N–H and O–H groups in total. The zero-order chi connectivity index (χ0) is 24.7. The van der Waals surface area contributed by atoms with Crippen LogP contribution >= 0.6 is 23.2 Å². The Balaban J connectivity index is 1.47. The molecular formula is C25H26Cl2N6O2. The monoisotopic (exact) mass is 512 g/mol. The van der Waals surface area contributed by atoms with E-state index in [2.05, 4.69) is 32.0 Å². The topological polar surface area (TPSA) is 102 Å². The third kappa shape index (κ3) is 4.61. The van der Waals surface area contributed by atoms with Crippen molar-refractivity contribution in [3.8, 4) is 22.8 Å². The molecule has 35 heavy (non-hydrogen) atoms. The molecule has 0 aliphatic carbocycles. The molecule has 4 aromatic rings. The molecule has 0 bridgehead atoms. The largest absolute Gasteiger partial charge is 0.493 e. The van der Waals surface area contributed by atoms with E-state index in [-0.39, 0.29) is 5.54 Å². The first-order valence-corrected chi connectivity index (χ1v) is 12.0. The number of hydrogen-bond donors (Lipinski definition) is 2. The molecule has 2 atom stereocenters. The summed E-state index contributed by atoms with van der Waals surface area (Å²) in [6.45, 7) is 5.63. The van der Waals surface area contributed by atoms with Gasteiger partial charge in [0.1, 0.15) is 17.6 Å². The summed E-state index contributed by atoms with van der Waals surface area (Å²) in [4.78, 5) is 10.9. The van der Waals surface area contributed by atoms with Crippen molar-refractivity contribution in [3.63, 3.8) is 0 Å². The maximum atomic E-state index is 6.33. The summed E-state index contributed by atoms with van der Waals surface area (Å²) >= 11 is 12.7. The molecule has 1 saturated heterocycles. The van der Waals surface area contributed by atoms with Gasteiger partial charge in [0.25, 0.3) is 0 Å². The molecule has 3 aromatic heterocycles. The molecule has 0 spiro atoms. The highest BCUT2D eigenvalue weighted by Gasteiger charge is 2.30. The SMILES string of the molecule is COc1cc2[nH]nc(-c3ccc(N4CC[C@](C)(N)C4)nc3)c2cc1O[C@H](C)c1c(Cl)cncc1Cl. The Bertz CT molecular complexity index is 1350. The first-order chi connectivity index (χ1) is 16.8. The fraction of sp³-hybridized carbons (Fsp3) is 0.320. The van der Waals surface area contributed by atoms with Gasteiger partial charge in [-0.05, 0) is 38.5 Å². The number of methoxy groups -OCH3 is 1. The number of H-pyrrole nitrogens is 1. The van der Waals surface area contributed by atoms with E-state index in [1.54, 1.807) is 19.5 Å². The van der Waals surface area contributed by atoms with Gasteiger partial charge in [-0.15, -0.1) is 0 Å². The number of nitrogens with zero attached hydrogens (tertiary/aromatic N) is 4. The van der Waals surface area contributed by atoms with Crippen LogP contribution in [-0.2, 0) is 0 Å². The van der Waals surface area contributed by atoms with Gasteiger partial charge in [0, 0.05) is 59.8 Å². The van der Waals surface area contributed by atoms with Gasteiger partial charge >= 0.3 is 0 Å². The van der Waals surface area contributed by atoms with Crippen LogP contribution in [0.3, 0.4) is 0 Å². The van der Waals surface area contributed by atoms with Gasteiger partial charge in [0.15, 0.2) is 11.5 Å². The van der Waals surface area contributed by atoms with Crippen LogP contribution in [-0.4, -0.2) is 45.9 Å². The highest BCUT2D eigenvalue weighted by molar-refractivity contribution is 6.35. The molecule has 1 aliphatic heterocycles. The van der Waals surface area contributed by atoms with Crippen LogP contribution in [0.4, 0.5) is 5.82 Å². The van der Waals surface area contributed by atoms with Crippen LogP contribution in [0.5, 0.6) is 11.5 Å². The average Bonchev–Trinajstić information content (AvgIpc) is 3.41. The minimum absolute atomic E-state index is 0.184. The summed E-state index contributed by atoms with van der Waals surface area (Å²) in [6.07, 6.45) is 5.43. The average molecular weight is 513 g/mol. The number of nitrogens with one attached hydrogen (secondary N) is 1. The third-order valence-electron chi connectivity index (χ3n) is 6.30. The van der Waals surface area contributed by atoms with E-state index in [0.717, 1.165) is 47.5 Å². The number of rotatable bonds is 6. The van der Waals surface area contributed by atoms with E-state index < -0.39 is 6.10 Å². The maximum absolute atomic E-state index is 6.33.